The van der Waals surface area contributed by atoms with Crippen molar-refractivity contribution in [2.24, 2.45) is 11.3 Å². The van der Waals surface area contributed by atoms with Crippen LogP contribution in [0.15, 0.2) is 48.6 Å². The Labute approximate surface area is 155 Å². The van der Waals surface area contributed by atoms with Crippen LogP contribution in [0.5, 0.6) is 0 Å². The second-order valence-electron chi connectivity index (χ2n) is 6.64. The minimum absolute atomic E-state index is 0.246. The summed E-state index contributed by atoms with van der Waals surface area (Å²) in [5, 5.41) is 0. The molecule has 0 aromatic heterocycles. The van der Waals surface area contributed by atoms with E-state index in [1.54, 1.807) is 13.8 Å². The van der Waals surface area contributed by atoms with Crippen LogP contribution >= 0.6 is 0 Å². The van der Waals surface area contributed by atoms with Crippen molar-refractivity contribution >= 4 is 18.0 Å². The van der Waals surface area contributed by atoms with Crippen LogP contribution in [0.1, 0.15) is 45.1 Å². The molecule has 26 heavy (non-hydrogen) atoms. The molecule has 1 aliphatic rings. The molecular weight excluding hydrogens is 328 g/mol. The molecule has 1 atom stereocenters. The van der Waals surface area contributed by atoms with E-state index in [1.807, 2.05) is 18.2 Å². The zero-order chi connectivity index (χ0) is 19.0. The lowest BCUT2D eigenvalue weighted by atomic mass is 9.67. The largest absolute Gasteiger partial charge is 0.465 e. The predicted octanol–water partition coefficient (Wildman–Crippen LogP) is 4.56. The highest BCUT2D eigenvalue weighted by Crippen LogP contribution is 2.44. The molecule has 0 spiro atoms. The number of carbonyl (C=O) groups is 2. The topological polar surface area (TPSA) is 52.6 Å². The molecule has 0 aliphatic heterocycles. The maximum absolute atomic E-state index is 12.5. The number of hydrogen-bond donors (Lipinski definition) is 0. The summed E-state index contributed by atoms with van der Waals surface area (Å²) in [5.74, 6) is -0.720. The van der Waals surface area contributed by atoms with Crippen LogP contribution in [0.4, 0.5) is 0 Å². The highest BCUT2D eigenvalue weighted by molar-refractivity contribution is 6.00. The summed E-state index contributed by atoms with van der Waals surface area (Å²) < 4.78 is 10.4. The average Bonchev–Trinajstić information content (AvgIpc) is 2.64. The van der Waals surface area contributed by atoms with E-state index < -0.39 is 17.4 Å². The van der Waals surface area contributed by atoms with Crippen LogP contribution in [0.25, 0.3) is 6.08 Å². The van der Waals surface area contributed by atoms with Gasteiger partial charge in [-0.1, -0.05) is 54.6 Å². The third kappa shape index (κ3) is 4.63. The number of hydrogen-bond acceptors (Lipinski definition) is 4. The molecule has 0 N–H and O–H groups in total. The van der Waals surface area contributed by atoms with Crippen LogP contribution in [-0.4, -0.2) is 25.2 Å². The maximum atomic E-state index is 12.5. The highest BCUT2D eigenvalue weighted by atomic mass is 16.6. The highest BCUT2D eigenvalue weighted by Gasteiger charge is 2.51. The Morgan fingerprint density at radius 2 is 1.77 bits per heavy atom. The zero-order valence-electron chi connectivity index (χ0n) is 15.7. The van der Waals surface area contributed by atoms with E-state index in [4.69, 9.17) is 9.47 Å². The number of allylic oxidation sites excluding steroid dienone is 2. The Morgan fingerprint density at radius 3 is 2.31 bits per heavy atom. The van der Waals surface area contributed by atoms with Crippen LogP contribution < -0.4 is 0 Å². The van der Waals surface area contributed by atoms with Gasteiger partial charge in [0, 0.05) is 0 Å². The first-order valence-electron chi connectivity index (χ1n) is 9.27. The van der Waals surface area contributed by atoms with Crippen LogP contribution in [0.2, 0.25) is 0 Å². The van der Waals surface area contributed by atoms with Gasteiger partial charge in [0.2, 0.25) is 0 Å². The van der Waals surface area contributed by atoms with Crippen molar-refractivity contribution in [3.63, 3.8) is 0 Å². The lowest BCUT2D eigenvalue weighted by molar-refractivity contribution is -0.174. The lowest BCUT2D eigenvalue weighted by Crippen LogP contribution is -2.45. The quantitative estimate of drug-likeness (QED) is 0.408. The average molecular weight is 356 g/mol. The Hall–Kier alpha value is -2.36. The van der Waals surface area contributed by atoms with E-state index in [2.05, 4.69) is 30.9 Å². The summed E-state index contributed by atoms with van der Waals surface area (Å²) >= 11 is 0. The van der Waals surface area contributed by atoms with Gasteiger partial charge in [0.15, 0.2) is 5.41 Å². The van der Waals surface area contributed by atoms with E-state index in [1.165, 1.54) is 0 Å². The Kier molecular flexibility index (Phi) is 7.19. The second-order valence-corrected chi connectivity index (χ2v) is 6.64. The molecule has 1 aliphatic carbocycles. The summed E-state index contributed by atoms with van der Waals surface area (Å²) in [5.41, 5.74) is 0.833. The molecule has 0 amide bonds. The molecular formula is C22H28O4. The van der Waals surface area contributed by atoms with Gasteiger partial charge in [0.25, 0.3) is 0 Å². The molecule has 0 radical (unpaired) electrons. The summed E-state index contributed by atoms with van der Waals surface area (Å²) in [4.78, 5) is 25.0. The van der Waals surface area contributed by atoms with Gasteiger partial charge in [-0.3, -0.25) is 9.59 Å². The van der Waals surface area contributed by atoms with Crippen molar-refractivity contribution in [3.05, 3.63) is 54.1 Å². The molecule has 1 unspecified atom stereocenters. The number of ether oxygens (including phenoxy) is 2. The van der Waals surface area contributed by atoms with Gasteiger partial charge in [-0.05, 0) is 51.0 Å². The number of carbonyl (C=O) groups excluding carboxylic acids is 2. The molecule has 1 aromatic carbocycles. The van der Waals surface area contributed by atoms with Crippen molar-refractivity contribution in [1.29, 1.82) is 0 Å². The van der Waals surface area contributed by atoms with Crippen LogP contribution in [0, 0.1) is 11.3 Å². The summed E-state index contributed by atoms with van der Waals surface area (Å²) in [6.45, 7) is 8.13. The molecule has 4 heteroatoms. The molecule has 4 nitrogen and oxygen atoms in total. The van der Waals surface area contributed by atoms with Gasteiger partial charge in [-0.25, -0.2) is 0 Å². The first-order valence-corrected chi connectivity index (χ1v) is 9.27. The fraction of sp³-hybridized carbons (Fsp3) is 0.455. The fourth-order valence-electron chi connectivity index (χ4n) is 3.43. The number of benzene rings is 1. The number of esters is 2. The number of rotatable bonds is 7. The fourth-order valence-corrected chi connectivity index (χ4v) is 3.43. The second kappa shape index (κ2) is 9.37. The molecule has 140 valence electrons. The van der Waals surface area contributed by atoms with Crippen molar-refractivity contribution in [3.8, 4) is 0 Å². The summed E-state index contributed by atoms with van der Waals surface area (Å²) in [7, 11) is 0. The third-order valence-corrected chi connectivity index (χ3v) is 4.89. The molecule has 1 fully saturated rings. The van der Waals surface area contributed by atoms with Crippen molar-refractivity contribution in [1.82, 2.24) is 0 Å². The van der Waals surface area contributed by atoms with E-state index in [0.717, 1.165) is 24.0 Å². The first-order chi connectivity index (χ1) is 12.5. The maximum Gasteiger partial charge on any atom is 0.323 e. The van der Waals surface area contributed by atoms with Crippen LogP contribution in [0.3, 0.4) is 0 Å². The Balaban J connectivity index is 2.05. The molecule has 0 saturated heterocycles. The molecule has 1 saturated carbocycles. The van der Waals surface area contributed by atoms with Crippen LogP contribution in [-0.2, 0) is 19.1 Å². The first kappa shape index (κ1) is 20.0. The van der Waals surface area contributed by atoms with E-state index in [0.29, 0.717) is 12.8 Å². The van der Waals surface area contributed by atoms with Crippen molar-refractivity contribution < 1.29 is 19.1 Å². The van der Waals surface area contributed by atoms with E-state index in [-0.39, 0.29) is 19.1 Å². The third-order valence-electron chi connectivity index (χ3n) is 4.89. The van der Waals surface area contributed by atoms with Gasteiger partial charge < -0.3 is 9.47 Å². The molecule has 0 bridgehead atoms. The minimum Gasteiger partial charge on any atom is -0.465 e. The SMILES string of the molecule is C=C1CC(C(=O)OCC)(C(=O)OCC)CCC1C/C=C/c1ccccc1. The van der Waals surface area contributed by atoms with Gasteiger partial charge in [-0.2, -0.15) is 0 Å². The Bertz CT molecular complexity index is 642. The standard InChI is InChI=1S/C22H28O4/c1-4-25-20(23)22(21(24)26-5-2)15-14-19(17(3)16-22)13-9-12-18-10-7-6-8-11-18/h6-12,19H,3-5,13-16H2,1-2H3/b12-9+. The zero-order valence-corrected chi connectivity index (χ0v) is 15.7. The monoisotopic (exact) mass is 356 g/mol. The van der Waals surface area contributed by atoms with Crippen molar-refractivity contribution in [2.45, 2.75) is 39.5 Å². The predicted molar refractivity (Wildman–Crippen MR) is 102 cm³/mol. The summed E-state index contributed by atoms with van der Waals surface area (Å²) in [6, 6.07) is 10.1. The van der Waals surface area contributed by atoms with Crippen molar-refractivity contribution in [2.75, 3.05) is 13.2 Å². The van der Waals surface area contributed by atoms with Gasteiger partial charge in [0.05, 0.1) is 13.2 Å². The summed E-state index contributed by atoms with van der Waals surface area (Å²) in [6.07, 6.45) is 6.52. The normalized spacial score (nSPS) is 19.3. The van der Waals surface area contributed by atoms with Gasteiger partial charge in [-0.15, -0.1) is 0 Å². The smallest absolute Gasteiger partial charge is 0.323 e. The minimum atomic E-state index is -1.23. The Morgan fingerprint density at radius 1 is 1.15 bits per heavy atom. The molecule has 2 rings (SSSR count). The molecule has 0 heterocycles. The lowest BCUT2D eigenvalue weighted by Gasteiger charge is -2.37. The van der Waals surface area contributed by atoms with E-state index >= 15 is 0 Å². The van der Waals surface area contributed by atoms with E-state index in [9.17, 15) is 9.59 Å². The van der Waals surface area contributed by atoms with Gasteiger partial charge in [0.1, 0.15) is 0 Å². The molecule has 1 aromatic rings. The van der Waals surface area contributed by atoms with Gasteiger partial charge >= 0.3 is 11.9 Å².